The molecule has 2 amide bonds. The Morgan fingerprint density at radius 1 is 1.17 bits per heavy atom. The van der Waals surface area contributed by atoms with E-state index in [4.69, 9.17) is 10.3 Å². The third-order valence-corrected chi connectivity index (χ3v) is 5.90. The normalized spacial score (nSPS) is 14.4. The molecule has 11 nitrogen and oxygen atoms in total. The van der Waals surface area contributed by atoms with Crippen molar-refractivity contribution in [3.63, 3.8) is 0 Å². The van der Waals surface area contributed by atoms with Crippen LogP contribution in [0.15, 0.2) is 65.9 Å². The number of nitrogens with zero attached hydrogens (tertiary/aromatic N) is 6. The maximum Gasteiger partial charge on any atom is 0.337 e. The molecule has 0 saturated carbocycles. The Kier molecular flexibility index (Phi) is 7.62. The first-order valence-electron chi connectivity index (χ1n) is 11.4. The molecule has 4 rings (SSSR count). The molecule has 3 aromatic rings. The molecule has 2 aromatic carbocycles. The summed E-state index contributed by atoms with van der Waals surface area (Å²) in [5, 5.41) is 6.31. The maximum absolute atomic E-state index is 13.0. The summed E-state index contributed by atoms with van der Waals surface area (Å²) in [7, 11) is 1.31. The van der Waals surface area contributed by atoms with E-state index in [1.807, 2.05) is 34.9 Å². The number of ether oxygens (including phenoxy) is 1. The van der Waals surface area contributed by atoms with Crippen LogP contribution in [0.25, 0.3) is 10.4 Å². The summed E-state index contributed by atoms with van der Waals surface area (Å²) < 4.78 is 6.63. The van der Waals surface area contributed by atoms with E-state index >= 15 is 0 Å². The standard InChI is InChI=1S/C25H25N7O4/c1-36-25(35)19-9-5-6-17(14-19)15-27-24(34)20-16-31-12-13-32(21(33)10-11-28-30-26)22(23(31)29-20)18-7-3-2-4-8-18/h2-9,14,16,22H,10-13,15H2,1H3,(H,27,34). The highest BCUT2D eigenvalue weighted by atomic mass is 16.5. The minimum atomic E-state index is -0.475. The van der Waals surface area contributed by atoms with Crippen molar-refractivity contribution < 1.29 is 19.1 Å². The molecule has 0 aliphatic carbocycles. The van der Waals surface area contributed by atoms with Crippen molar-refractivity contribution in [2.24, 2.45) is 5.11 Å². The molecule has 184 valence electrons. The van der Waals surface area contributed by atoms with Crippen molar-refractivity contribution in [1.29, 1.82) is 0 Å². The molecular weight excluding hydrogens is 462 g/mol. The molecule has 0 spiro atoms. The fraction of sp³-hybridized carbons (Fsp3) is 0.280. The predicted molar refractivity (Wildman–Crippen MR) is 130 cm³/mol. The highest BCUT2D eigenvalue weighted by Crippen LogP contribution is 2.32. The summed E-state index contributed by atoms with van der Waals surface area (Å²) >= 11 is 0. The van der Waals surface area contributed by atoms with E-state index in [0.29, 0.717) is 24.5 Å². The zero-order valence-corrected chi connectivity index (χ0v) is 19.7. The van der Waals surface area contributed by atoms with E-state index < -0.39 is 12.0 Å². The number of benzene rings is 2. The summed E-state index contributed by atoms with van der Waals surface area (Å²) in [4.78, 5) is 46.7. The molecular formula is C25H25N7O4. The van der Waals surface area contributed by atoms with Gasteiger partial charge in [0.25, 0.3) is 5.91 Å². The lowest BCUT2D eigenvalue weighted by Gasteiger charge is -2.36. The minimum absolute atomic E-state index is 0.0760. The van der Waals surface area contributed by atoms with E-state index in [1.54, 1.807) is 35.4 Å². The van der Waals surface area contributed by atoms with Gasteiger partial charge in [0.15, 0.2) is 0 Å². The van der Waals surface area contributed by atoms with Gasteiger partial charge in [-0.15, -0.1) is 0 Å². The number of amides is 2. The first-order chi connectivity index (χ1) is 17.5. The number of nitrogens with one attached hydrogen (secondary N) is 1. The molecule has 11 heteroatoms. The van der Waals surface area contributed by atoms with Gasteiger partial charge in [0.05, 0.1) is 12.7 Å². The summed E-state index contributed by atoms with van der Waals surface area (Å²) in [5.41, 5.74) is 10.8. The number of hydrogen-bond acceptors (Lipinski definition) is 6. The fourth-order valence-corrected chi connectivity index (χ4v) is 4.19. The largest absolute Gasteiger partial charge is 0.465 e. The lowest BCUT2D eigenvalue weighted by Crippen LogP contribution is -2.42. The molecule has 36 heavy (non-hydrogen) atoms. The average Bonchev–Trinajstić information content (AvgIpc) is 3.36. The fourth-order valence-electron chi connectivity index (χ4n) is 4.19. The molecule has 2 heterocycles. The van der Waals surface area contributed by atoms with Crippen molar-refractivity contribution in [3.8, 4) is 0 Å². The van der Waals surface area contributed by atoms with E-state index in [1.165, 1.54) is 7.11 Å². The number of imidazole rings is 1. The monoisotopic (exact) mass is 487 g/mol. The van der Waals surface area contributed by atoms with Crippen molar-refractivity contribution in [2.75, 3.05) is 20.2 Å². The predicted octanol–water partition coefficient (Wildman–Crippen LogP) is 3.23. The second-order valence-corrected chi connectivity index (χ2v) is 8.16. The lowest BCUT2D eigenvalue weighted by atomic mass is 10.0. The number of fused-ring (bicyclic) bond motifs is 1. The highest BCUT2D eigenvalue weighted by molar-refractivity contribution is 5.92. The van der Waals surface area contributed by atoms with Crippen LogP contribution in [0.3, 0.4) is 0 Å². The second kappa shape index (κ2) is 11.2. The quantitative estimate of drug-likeness (QED) is 0.225. The zero-order chi connectivity index (χ0) is 25.5. The van der Waals surface area contributed by atoms with Gasteiger partial charge in [-0.3, -0.25) is 9.59 Å². The van der Waals surface area contributed by atoms with Crippen molar-refractivity contribution in [1.82, 2.24) is 19.8 Å². The van der Waals surface area contributed by atoms with Crippen LogP contribution in [0, 0.1) is 0 Å². The van der Waals surface area contributed by atoms with Gasteiger partial charge in [-0.25, -0.2) is 9.78 Å². The van der Waals surface area contributed by atoms with Crippen LogP contribution in [0.5, 0.6) is 0 Å². The summed E-state index contributed by atoms with van der Waals surface area (Å²) in [5.74, 6) is -0.381. The Labute approximate surface area is 207 Å². The molecule has 0 bridgehead atoms. The van der Waals surface area contributed by atoms with Crippen LogP contribution >= 0.6 is 0 Å². The Hall–Kier alpha value is -4.63. The number of carbonyl (C=O) groups excluding carboxylic acids is 3. The van der Waals surface area contributed by atoms with Crippen LogP contribution in [0.4, 0.5) is 0 Å². The van der Waals surface area contributed by atoms with Gasteiger partial charge >= 0.3 is 5.97 Å². The minimum Gasteiger partial charge on any atom is -0.465 e. The first-order valence-corrected chi connectivity index (χ1v) is 11.4. The number of carbonyl (C=O) groups is 3. The van der Waals surface area contributed by atoms with Gasteiger partial charge < -0.3 is 19.5 Å². The third kappa shape index (κ3) is 5.37. The number of methoxy groups -OCH3 is 1. The van der Waals surface area contributed by atoms with Gasteiger partial charge in [0.2, 0.25) is 5.91 Å². The van der Waals surface area contributed by atoms with Crippen LogP contribution in [0.2, 0.25) is 0 Å². The smallest absolute Gasteiger partial charge is 0.337 e. The van der Waals surface area contributed by atoms with Gasteiger partial charge in [-0.1, -0.05) is 47.6 Å². The van der Waals surface area contributed by atoms with Gasteiger partial charge in [-0.05, 0) is 28.8 Å². The molecule has 1 aliphatic heterocycles. The zero-order valence-electron chi connectivity index (χ0n) is 19.7. The van der Waals surface area contributed by atoms with Crippen LogP contribution in [-0.2, 0) is 22.6 Å². The number of aromatic nitrogens is 2. The number of azide groups is 1. The van der Waals surface area contributed by atoms with E-state index in [0.717, 1.165) is 11.1 Å². The van der Waals surface area contributed by atoms with Crippen LogP contribution in [0.1, 0.15) is 50.3 Å². The van der Waals surface area contributed by atoms with Crippen molar-refractivity contribution in [2.45, 2.75) is 25.6 Å². The Morgan fingerprint density at radius 2 is 1.97 bits per heavy atom. The average molecular weight is 488 g/mol. The molecule has 0 radical (unpaired) electrons. The summed E-state index contributed by atoms with van der Waals surface area (Å²) in [6.07, 6.45) is 1.78. The highest BCUT2D eigenvalue weighted by Gasteiger charge is 2.34. The van der Waals surface area contributed by atoms with Gasteiger partial charge in [0.1, 0.15) is 17.6 Å². The first kappa shape index (κ1) is 24.5. The SMILES string of the molecule is COC(=O)c1cccc(CNC(=O)c2cn3c(n2)C(c2ccccc2)N(C(=O)CCN=[N+]=[N-])CC3)c1. The van der Waals surface area contributed by atoms with E-state index in [-0.39, 0.29) is 37.0 Å². The summed E-state index contributed by atoms with van der Waals surface area (Å²) in [6, 6.07) is 15.8. The Morgan fingerprint density at radius 3 is 2.72 bits per heavy atom. The molecule has 0 saturated heterocycles. The van der Waals surface area contributed by atoms with Crippen LogP contribution in [-0.4, -0.2) is 52.4 Å². The summed E-state index contributed by atoms with van der Waals surface area (Å²) in [6.45, 7) is 1.19. The number of rotatable bonds is 8. The maximum atomic E-state index is 13.0. The van der Waals surface area contributed by atoms with Crippen LogP contribution < -0.4 is 5.32 Å². The van der Waals surface area contributed by atoms with E-state index in [9.17, 15) is 14.4 Å². The lowest BCUT2D eigenvalue weighted by molar-refractivity contribution is -0.133. The topological polar surface area (TPSA) is 142 Å². The number of hydrogen-bond donors (Lipinski definition) is 1. The molecule has 1 atom stereocenters. The van der Waals surface area contributed by atoms with Crippen molar-refractivity contribution in [3.05, 3.63) is 99.4 Å². The number of esters is 1. The Bertz CT molecular complexity index is 1310. The van der Waals surface area contributed by atoms with Crippen molar-refractivity contribution >= 4 is 17.8 Å². The molecule has 1 aliphatic rings. The second-order valence-electron chi connectivity index (χ2n) is 8.16. The third-order valence-electron chi connectivity index (χ3n) is 5.90. The van der Waals surface area contributed by atoms with Gasteiger partial charge in [-0.2, -0.15) is 0 Å². The molecule has 1 unspecified atom stereocenters. The Balaban J connectivity index is 1.55. The molecule has 0 fully saturated rings. The molecule has 1 aromatic heterocycles. The van der Waals surface area contributed by atoms with E-state index in [2.05, 4.69) is 20.3 Å². The van der Waals surface area contributed by atoms with Gasteiger partial charge in [0, 0.05) is 43.7 Å². The molecule has 1 N–H and O–H groups in total.